The Morgan fingerprint density at radius 3 is 2.38 bits per heavy atom. The highest BCUT2D eigenvalue weighted by Gasteiger charge is 2.51. The van der Waals surface area contributed by atoms with Gasteiger partial charge >= 0.3 is 6.03 Å². The summed E-state index contributed by atoms with van der Waals surface area (Å²) in [5, 5.41) is 7.14. The predicted octanol–water partition coefficient (Wildman–Crippen LogP) is 2.69. The van der Waals surface area contributed by atoms with Crippen LogP contribution in [0.4, 0.5) is 4.79 Å². The average molecular weight is 431 g/mol. The van der Waals surface area contributed by atoms with Crippen LogP contribution in [0.25, 0.3) is 5.69 Å². The fourth-order valence-corrected chi connectivity index (χ4v) is 3.91. The number of nitrogens with zero attached hydrogens (tertiary/aromatic N) is 4. The largest absolute Gasteiger partial charge is 0.340 e. The molecule has 0 radical (unpaired) electrons. The van der Waals surface area contributed by atoms with Crippen LogP contribution >= 0.6 is 0 Å². The number of hydrogen-bond donors (Lipinski definition) is 1. The monoisotopic (exact) mass is 431 g/mol. The standard InChI is InChI=1S/C24H25N5O3/c1-3-24(19-10-6-4-7-11-19)22(31)28(23(32)26-24)17-21(30)27(2)15-18-14-25-29(16-18)20-12-8-5-9-13-20/h4-14,16H,3,15,17H2,1-2H3,(H,26,32)/t24-/m1/s1. The molecular weight excluding hydrogens is 406 g/mol. The number of rotatable bonds is 7. The van der Waals surface area contributed by atoms with Crippen molar-refractivity contribution in [2.24, 2.45) is 0 Å². The van der Waals surface area contributed by atoms with Gasteiger partial charge in [-0.1, -0.05) is 55.5 Å². The predicted molar refractivity (Wildman–Crippen MR) is 119 cm³/mol. The van der Waals surface area contributed by atoms with Crippen LogP contribution in [0.3, 0.4) is 0 Å². The third-order valence-corrected chi connectivity index (χ3v) is 5.77. The van der Waals surface area contributed by atoms with Crippen molar-refractivity contribution in [3.8, 4) is 5.69 Å². The van der Waals surface area contributed by atoms with Gasteiger partial charge in [0.05, 0.1) is 11.9 Å². The van der Waals surface area contributed by atoms with Crippen molar-refractivity contribution in [1.29, 1.82) is 0 Å². The van der Waals surface area contributed by atoms with E-state index in [2.05, 4.69) is 10.4 Å². The average Bonchev–Trinajstić information content (AvgIpc) is 3.38. The van der Waals surface area contributed by atoms with E-state index in [-0.39, 0.29) is 12.5 Å². The number of nitrogens with one attached hydrogen (secondary N) is 1. The van der Waals surface area contributed by atoms with E-state index in [1.807, 2.05) is 73.8 Å². The first-order valence-corrected chi connectivity index (χ1v) is 10.5. The summed E-state index contributed by atoms with van der Waals surface area (Å²) in [5.74, 6) is -0.740. The molecule has 4 rings (SSSR count). The van der Waals surface area contributed by atoms with E-state index in [1.165, 1.54) is 4.90 Å². The summed E-state index contributed by atoms with van der Waals surface area (Å²) in [4.78, 5) is 41.1. The Morgan fingerprint density at radius 1 is 1.06 bits per heavy atom. The van der Waals surface area contributed by atoms with Gasteiger partial charge in [-0.25, -0.2) is 9.48 Å². The van der Waals surface area contributed by atoms with Crippen LogP contribution in [0.2, 0.25) is 0 Å². The van der Waals surface area contributed by atoms with E-state index < -0.39 is 17.5 Å². The smallest absolute Gasteiger partial charge is 0.325 e. The van der Waals surface area contributed by atoms with Crippen LogP contribution in [0.1, 0.15) is 24.5 Å². The molecule has 1 fully saturated rings. The molecule has 2 aromatic carbocycles. The van der Waals surface area contributed by atoms with Crippen LogP contribution in [0, 0.1) is 0 Å². The second kappa shape index (κ2) is 8.66. The molecule has 8 nitrogen and oxygen atoms in total. The fraction of sp³-hybridized carbons (Fsp3) is 0.250. The van der Waals surface area contributed by atoms with Crippen LogP contribution in [0.5, 0.6) is 0 Å². The summed E-state index contributed by atoms with van der Waals surface area (Å²) in [6.45, 7) is 1.84. The number of hydrogen-bond acceptors (Lipinski definition) is 4. The molecule has 1 N–H and O–H groups in total. The topological polar surface area (TPSA) is 87.5 Å². The van der Waals surface area contributed by atoms with Crippen molar-refractivity contribution in [3.63, 3.8) is 0 Å². The minimum absolute atomic E-state index is 0.312. The molecular formula is C24H25N5O3. The zero-order valence-corrected chi connectivity index (χ0v) is 18.1. The Bertz CT molecular complexity index is 1130. The van der Waals surface area contributed by atoms with Crippen molar-refractivity contribution < 1.29 is 14.4 Å². The molecule has 164 valence electrons. The summed E-state index contributed by atoms with van der Waals surface area (Å²) in [7, 11) is 1.64. The lowest BCUT2D eigenvalue weighted by Crippen LogP contribution is -2.45. The van der Waals surface area contributed by atoms with Crippen LogP contribution in [-0.2, 0) is 21.7 Å². The molecule has 0 saturated carbocycles. The minimum atomic E-state index is -1.14. The molecule has 8 heteroatoms. The third-order valence-electron chi connectivity index (χ3n) is 5.77. The van der Waals surface area contributed by atoms with Crippen LogP contribution in [-0.4, -0.2) is 51.0 Å². The van der Waals surface area contributed by atoms with Gasteiger partial charge in [0.2, 0.25) is 5.91 Å². The molecule has 1 saturated heterocycles. The minimum Gasteiger partial charge on any atom is -0.340 e. The Labute approximate surface area is 186 Å². The quantitative estimate of drug-likeness (QED) is 0.583. The Kier molecular flexibility index (Phi) is 5.77. The number of amides is 4. The molecule has 4 amide bonds. The first-order valence-electron chi connectivity index (χ1n) is 10.5. The molecule has 1 atom stereocenters. The molecule has 2 heterocycles. The zero-order chi connectivity index (χ0) is 22.7. The highest BCUT2D eigenvalue weighted by molar-refractivity contribution is 6.09. The molecule has 0 bridgehead atoms. The lowest BCUT2D eigenvalue weighted by molar-refractivity contribution is -0.138. The Hall–Kier alpha value is -3.94. The van der Waals surface area contributed by atoms with E-state index in [0.717, 1.165) is 16.2 Å². The molecule has 1 aliphatic heterocycles. The van der Waals surface area contributed by atoms with Crippen molar-refractivity contribution >= 4 is 17.8 Å². The van der Waals surface area contributed by atoms with Gasteiger partial charge in [-0.05, 0) is 24.1 Å². The van der Waals surface area contributed by atoms with Gasteiger partial charge in [0.15, 0.2) is 0 Å². The van der Waals surface area contributed by atoms with Gasteiger partial charge in [0, 0.05) is 25.4 Å². The third kappa shape index (κ3) is 3.87. The molecule has 1 aromatic heterocycles. The Morgan fingerprint density at radius 2 is 1.72 bits per heavy atom. The van der Waals surface area contributed by atoms with Gasteiger partial charge in [-0.15, -0.1) is 0 Å². The van der Waals surface area contributed by atoms with Crippen LogP contribution in [0.15, 0.2) is 73.1 Å². The number of para-hydroxylation sites is 1. The highest BCUT2D eigenvalue weighted by atomic mass is 16.2. The number of aromatic nitrogens is 2. The number of benzene rings is 2. The van der Waals surface area contributed by atoms with Crippen LogP contribution < -0.4 is 5.32 Å². The number of urea groups is 1. The second-order valence-electron chi connectivity index (χ2n) is 7.82. The summed E-state index contributed by atoms with van der Waals surface area (Å²) in [6.07, 6.45) is 3.94. The summed E-state index contributed by atoms with van der Waals surface area (Å²) < 4.78 is 1.74. The zero-order valence-electron chi connectivity index (χ0n) is 18.1. The van der Waals surface area contributed by atoms with E-state index in [1.54, 1.807) is 17.9 Å². The number of imide groups is 1. The molecule has 3 aromatic rings. The SMILES string of the molecule is CC[C@]1(c2ccccc2)NC(=O)N(CC(=O)N(C)Cc2cnn(-c3ccccc3)c2)C1=O. The van der Waals surface area contributed by atoms with Crippen molar-refractivity contribution in [2.45, 2.75) is 25.4 Å². The maximum absolute atomic E-state index is 13.2. The van der Waals surface area contributed by atoms with E-state index in [4.69, 9.17) is 0 Å². The summed E-state index contributed by atoms with van der Waals surface area (Å²) in [5.41, 5.74) is 1.32. The number of carbonyl (C=O) groups excluding carboxylic acids is 3. The molecule has 0 aliphatic carbocycles. The molecule has 32 heavy (non-hydrogen) atoms. The van der Waals surface area contributed by atoms with Crippen molar-refractivity contribution in [2.75, 3.05) is 13.6 Å². The Balaban J connectivity index is 1.44. The number of likely N-dealkylation sites (N-methyl/N-ethyl adjacent to an activating group) is 1. The summed E-state index contributed by atoms with van der Waals surface area (Å²) >= 11 is 0. The first kappa shape index (κ1) is 21.3. The second-order valence-corrected chi connectivity index (χ2v) is 7.82. The molecule has 0 spiro atoms. The molecule has 1 aliphatic rings. The van der Waals surface area contributed by atoms with Crippen molar-refractivity contribution in [3.05, 3.63) is 84.2 Å². The highest BCUT2D eigenvalue weighted by Crippen LogP contribution is 2.32. The van der Waals surface area contributed by atoms with E-state index in [0.29, 0.717) is 18.5 Å². The molecule has 0 unspecified atom stereocenters. The van der Waals surface area contributed by atoms with Gasteiger partial charge in [0.25, 0.3) is 5.91 Å². The number of carbonyl (C=O) groups is 3. The normalized spacial score (nSPS) is 18.0. The fourth-order valence-electron chi connectivity index (χ4n) is 3.91. The van der Waals surface area contributed by atoms with Gasteiger partial charge in [-0.2, -0.15) is 5.10 Å². The lowest BCUT2D eigenvalue weighted by atomic mass is 9.87. The van der Waals surface area contributed by atoms with Gasteiger partial charge in [0.1, 0.15) is 12.1 Å². The van der Waals surface area contributed by atoms with E-state index >= 15 is 0 Å². The summed E-state index contributed by atoms with van der Waals surface area (Å²) in [6, 6.07) is 18.2. The maximum atomic E-state index is 13.2. The van der Waals surface area contributed by atoms with E-state index in [9.17, 15) is 14.4 Å². The first-order chi connectivity index (χ1) is 15.4. The maximum Gasteiger partial charge on any atom is 0.325 e. The lowest BCUT2D eigenvalue weighted by Gasteiger charge is -2.26. The van der Waals surface area contributed by atoms with Crippen molar-refractivity contribution in [1.82, 2.24) is 24.9 Å². The van der Waals surface area contributed by atoms with Gasteiger partial charge in [-0.3, -0.25) is 14.5 Å². The van der Waals surface area contributed by atoms with Gasteiger partial charge < -0.3 is 10.2 Å².